The van der Waals surface area contributed by atoms with Crippen molar-refractivity contribution in [3.05, 3.63) is 66.7 Å². The molecule has 0 aromatic heterocycles. The standard InChI is InChI=1S/C36H52O4/c1-3-5-7-9-11-16-30-17-12-13-18-31(30)19-15-29-39-34-24-26-35(27-25-34)40-36(37)32-20-22-33(23-21-32)38-28-14-10-8-6-4-2/h4,20-27,30-31H,2-3,5-19,28-29H2,1H3. The van der Waals surface area contributed by atoms with Gasteiger partial charge in [0.05, 0.1) is 18.8 Å². The summed E-state index contributed by atoms with van der Waals surface area (Å²) in [5, 5.41) is 0. The molecule has 4 nitrogen and oxygen atoms in total. The Bertz CT molecular complexity index is 950. The maximum absolute atomic E-state index is 12.6. The van der Waals surface area contributed by atoms with Gasteiger partial charge in [0.15, 0.2) is 0 Å². The highest BCUT2D eigenvalue weighted by atomic mass is 16.5. The Morgan fingerprint density at radius 3 is 1.93 bits per heavy atom. The molecule has 220 valence electrons. The summed E-state index contributed by atoms with van der Waals surface area (Å²) in [6, 6.07) is 14.5. The van der Waals surface area contributed by atoms with E-state index in [1.807, 2.05) is 30.3 Å². The zero-order valence-corrected chi connectivity index (χ0v) is 24.9. The SMILES string of the molecule is C=CCCCCCOc1ccc(C(=O)Oc2ccc(OCCCC3CCCCC3CCCCCCC)cc2)cc1. The lowest BCUT2D eigenvalue weighted by Crippen LogP contribution is -2.20. The van der Waals surface area contributed by atoms with E-state index in [4.69, 9.17) is 14.2 Å². The fourth-order valence-corrected chi connectivity index (χ4v) is 5.80. The predicted molar refractivity (Wildman–Crippen MR) is 166 cm³/mol. The van der Waals surface area contributed by atoms with Crippen LogP contribution in [0.2, 0.25) is 0 Å². The summed E-state index contributed by atoms with van der Waals surface area (Å²) in [5.74, 6) is 3.52. The number of ether oxygens (including phenoxy) is 3. The first-order valence-corrected chi connectivity index (χ1v) is 16.0. The molecule has 2 unspecified atom stereocenters. The molecule has 0 aliphatic heterocycles. The molecule has 1 aliphatic rings. The van der Waals surface area contributed by atoms with Gasteiger partial charge in [0.1, 0.15) is 17.2 Å². The first kappa shape index (κ1) is 31.8. The quantitative estimate of drug-likeness (QED) is 0.0714. The monoisotopic (exact) mass is 548 g/mol. The summed E-state index contributed by atoms with van der Waals surface area (Å²) in [6.45, 7) is 7.45. The summed E-state index contributed by atoms with van der Waals surface area (Å²) < 4.78 is 17.3. The lowest BCUT2D eigenvalue weighted by Gasteiger charge is -2.31. The molecule has 0 amide bonds. The highest BCUT2D eigenvalue weighted by Crippen LogP contribution is 2.36. The molecule has 1 saturated carbocycles. The van der Waals surface area contributed by atoms with E-state index in [2.05, 4.69) is 13.5 Å². The Kier molecular flexibility index (Phi) is 15.4. The van der Waals surface area contributed by atoms with Crippen LogP contribution in [0.3, 0.4) is 0 Å². The van der Waals surface area contributed by atoms with Gasteiger partial charge in [0, 0.05) is 0 Å². The van der Waals surface area contributed by atoms with Crippen molar-refractivity contribution in [1.29, 1.82) is 0 Å². The van der Waals surface area contributed by atoms with Crippen LogP contribution in [-0.2, 0) is 0 Å². The van der Waals surface area contributed by atoms with Gasteiger partial charge in [0.25, 0.3) is 0 Å². The molecule has 0 saturated heterocycles. The average molecular weight is 549 g/mol. The van der Waals surface area contributed by atoms with Crippen LogP contribution in [0.25, 0.3) is 0 Å². The molecule has 2 atom stereocenters. The van der Waals surface area contributed by atoms with E-state index in [1.165, 1.54) is 70.6 Å². The van der Waals surface area contributed by atoms with E-state index >= 15 is 0 Å². The van der Waals surface area contributed by atoms with Gasteiger partial charge in [-0.15, -0.1) is 6.58 Å². The minimum absolute atomic E-state index is 0.378. The van der Waals surface area contributed by atoms with E-state index in [1.54, 1.807) is 24.3 Å². The van der Waals surface area contributed by atoms with Gasteiger partial charge in [-0.3, -0.25) is 0 Å². The van der Waals surface area contributed by atoms with Crippen LogP contribution in [-0.4, -0.2) is 19.2 Å². The van der Waals surface area contributed by atoms with Gasteiger partial charge in [-0.1, -0.05) is 77.2 Å². The van der Waals surface area contributed by atoms with Gasteiger partial charge >= 0.3 is 5.97 Å². The van der Waals surface area contributed by atoms with Crippen molar-refractivity contribution in [1.82, 2.24) is 0 Å². The first-order valence-electron chi connectivity index (χ1n) is 16.0. The first-order chi connectivity index (χ1) is 19.7. The maximum atomic E-state index is 12.6. The second-order valence-corrected chi connectivity index (χ2v) is 11.4. The molecule has 0 radical (unpaired) electrons. The van der Waals surface area contributed by atoms with E-state index in [0.717, 1.165) is 62.0 Å². The fourth-order valence-electron chi connectivity index (χ4n) is 5.80. The van der Waals surface area contributed by atoms with E-state index in [0.29, 0.717) is 17.9 Å². The molecule has 2 aromatic rings. The van der Waals surface area contributed by atoms with Gasteiger partial charge in [-0.2, -0.15) is 0 Å². The van der Waals surface area contributed by atoms with Crippen molar-refractivity contribution in [2.75, 3.05) is 13.2 Å². The summed E-state index contributed by atoms with van der Waals surface area (Å²) >= 11 is 0. The zero-order valence-electron chi connectivity index (χ0n) is 24.9. The highest BCUT2D eigenvalue weighted by molar-refractivity contribution is 5.91. The normalized spacial score (nSPS) is 16.8. The number of allylic oxidation sites excluding steroid dienone is 1. The Hall–Kier alpha value is -2.75. The summed E-state index contributed by atoms with van der Waals surface area (Å²) in [5.41, 5.74) is 0.501. The Labute approximate surface area is 243 Å². The van der Waals surface area contributed by atoms with Crippen LogP contribution < -0.4 is 14.2 Å². The molecule has 2 aromatic carbocycles. The predicted octanol–water partition coefficient (Wildman–Crippen LogP) is 10.4. The van der Waals surface area contributed by atoms with Crippen LogP contribution in [0.5, 0.6) is 17.2 Å². The van der Waals surface area contributed by atoms with Crippen molar-refractivity contribution in [3.8, 4) is 17.2 Å². The van der Waals surface area contributed by atoms with Crippen molar-refractivity contribution >= 4 is 5.97 Å². The van der Waals surface area contributed by atoms with E-state index in [-0.39, 0.29) is 5.97 Å². The van der Waals surface area contributed by atoms with Crippen molar-refractivity contribution in [3.63, 3.8) is 0 Å². The Morgan fingerprint density at radius 2 is 1.27 bits per heavy atom. The third-order valence-electron chi connectivity index (χ3n) is 8.18. The molecule has 0 spiro atoms. The second-order valence-electron chi connectivity index (χ2n) is 11.4. The number of hydrogen-bond donors (Lipinski definition) is 0. The summed E-state index contributed by atoms with van der Waals surface area (Å²) in [7, 11) is 0. The molecule has 1 aliphatic carbocycles. The van der Waals surface area contributed by atoms with Crippen LogP contribution in [0.15, 0.2) is 61.2 Å². The largest absolute Gasteiger partial charge is 0.494 e. The number of unbranched alkanes of at least 4 members (excludes halogenated alkanes) is 7. The van der Waals surface area contributed by atoms with Crippen LogP contribution in [0.4, 0.5) is 0 Å². The van der Waals surface area contributed by atoms with Crippen LogP contribution in [0.1, 0.15) is 120 Å². The minimum Gasteiger partial charge on any atom is -0.494 e. The molecule has 0 bridgehead atoms. The van der Waals surface area contributed by atoms with Crippen LogP contribution >= 0.6 is 0 Å². The van der Waals surface area contributed by atoms with Gasteiger partial charge < -0.3 is 14.2 Å². The number of hydrogen-bond acceptors (Lipinski definition) is 4. The Morgan fingerprint density at radius 1 is 0.725 bits per heavy atom. The van der Waals surface area contributed by atoms with E-state index < -0.39 is 0 Å². The fraction of sp³-hybridized carbons (Fsp3) is 0.583. The molecule has 0 heterocycles. The van der Waals surface area contributed by atoms with Gasteiger partial charge in [-0.25, -0.2) is 4.79 Å². The lowest BCUT2D eigenvalue weighted by molar-refractivity contribution is 0.0734. The summed E-state index contributed by atoms with van der Waals surface area (Å²) in [6.07, 6.45) is 22.6. The van der Waals surface area contributed by atoms with Crippen LogP contribution in [0, 0.1) is 11.8 Å². The molecule has 40 heavy (non-hydrogen) atoms. The molecular weight excluding hydrogens is 496 g/mol. The third kappa shape index (κ3) is 12.2. The number of benzene rings is 2. The van der Waals surface area contributed by atoms with Crippen molar-refractivity contribution in [2.45, 2.75) is 110 Å². The van der Waals surface area contributed by atoms with Crippen molar-refractivity contribution in [2.24, 2.45) is 11.8 Å². The maximum Gasteiger partial charge on any atom is 0.343 e. The zero-order chi connectivity index (χ0) is 28.3. The molecule has 1 fully saturated rings. The highest BCUT2D eigenvalue weighted by Gasteiger charge is 2.24. The lowest BCUT2D eigenvalue weighted by atomic mass is 9.74. The number of carbonyl (C=O) groups excluding carboxylic acids is 1. The smallest absolute Gasteiger partial charge is 0.343 e. The van der Waals surface area contributed by atoms with E-state index in [9.17, 15) is 4.79 Å². The summed E-state index contributed by atoms with van der Waals surface area (Å²) in [4.78, 5) is 12.6. The molecule has 0 N–H and O–H groups in total. The molecular formula is C36H52O4. The number of rotatable bonds is 20. The second kappa shape index (κ2) is 19.3. The van der Waals surface area contributed by atoms with Crippen molar-refractivity contribution < 1.29 is 19.0 Å². The minimum atomic E-state index is -0.378. The Balaban J connectivity index is 1.32. The third-order valence-corrected chi connectivity index (χ3v) is 8.18. The molecule has 3 rings (SSSR count). The van der Waals surface area contributed by atoms with Gasteiger partial charge in [-0.05, 0) is 98.9 Å². The number of esters is 1. The topological polar surface area (TPSA) is 44.8 Å². The average Bonchev–Trinajstić information content (AvgIpc) is 2.98. The van der Waals surface area contributed by atoms with Gasteiger partial charge in [0.2, 0.25) is 0 Å². The molecule has 4 heteroatoms. The number of carbonyl (C=O) groups is 1.